The van der Waals surface area contributed by atoms with Crippen LogP contribution in [0.15, 0.2) is 0 Å². The Labute approximate surface area is 94.6 Å². The van der Waals surface area contributed by atoms with E-state index in [1.54, 1.807) is 0 Å². The third kappa shape index (κ3) is 0.843. The van der Waals surface area contributed by atoms with Crippen LogP contribution < -0.4 is 0 Å². The lowest BCUT2D eigenvalue weighted by Crippen LogP contribution is -2.47. The second-order valence-electron chi connectivity index (χ2n) is 5.70. The summed E-state index contributed by atoms with van der Waals surface area (Å²) in [7, 11) is 0. The van der Waals surface area contributed by atoms with Crippen molar-refractivity contribution in [1.29, 1.82) is 0 Å². The standard InChI is InChI=1S/C12H18O4/c1-3-11(2)10-12(11)5-4-6(13)8(14)7(12)9(15)16-10/h6-8,10,13-14H,3-5H2,1-2H3/t6-,7-,8-,10+,11-,12-/m0/s1. The van der Waals surface area contributed by atoms with E-state index in [0.29, 0.717) is 6.42 Å². The van der Waals surface area contributed by atoms with Gasteiger partial charge < -0.3 is 14.9 Å². The SMILES string of the molecule is CC[C@@]1(C)[C@H]2OC(=O)[C@@H]3[C@@H](O)[C@@H](O)CC[C@]321. The van der Waals surface area contributed by atoms with Gasteiger partial charge in [0.2, 0.25) is 0 Å². The fourth-order valence-electron chi connectivity index (χ4n) is 4.21. The van der Waals surface area contributed by atoms with Crippen molar-refractivity contribution in [3.63, 3.8) is 0 Å². The quantitative estimate of drug-likeness (QED) is 0.637. The molecule has 1 saturated heterocycles. The highest BCUT2D eigenvalue weighted by Gasteiger charge is 2.85. The summed E-state index contributed by atoms with van der Waals surface area (Å²) in [6.45, 7) is 4.22. The zero-order valence-corrected chi connectivity index (χ0v) is 9.64. The summed E-state index contributed by atoms with van der Waals surface area (Å²) >= 11 is 0. The van der Waals surface area contributed by atoms with Crippen molar-refractivity contribution >= 4 is 5.97 Å². The molecular weight excluding hydrogens is 208 g/mol. The zero-order valence-electron chi connectivity index (χ0n) is 9.64. The van der Waals surface area contributed by atoms with E-state index in [0.717, 1.165) is 12.8 Å². The molecule has 0 aromatic heterocycles. The van der Waals surface area contributed by atoms with Crippen LogP contribution in [-0.4, -0.2) is 34.5 Å². The van der Waals surface area contributed by atoms with Crippen molar-refractivity contribution < 1.29 is 19.7 Å². The number of carbonyl (C=O) groups excluding carboxylic acids is 1. The van der Waals surface area contributed by atoms with Crippen molar-refractivity contribution in [2.45, 2.75) is 51.4 Å². The third-order valence-corrected chi connectivity index (χ3v) is 5.39. The number of aliphatic hydroxyl groups excluding tert-OH is 2. The van der Waals surface area contributed by atoms with E-state index in [-0.39, 0.29) is 22.9 Å². The Bertz CT molecular complexity index is 355. The molecule has 90 valence electrons. The predicted molar refractivity (Wildman–Crippen MR) is 55.4 cm³/mol. The van der Waals surface area contributed by atoms with Gasteiger partial charge in [0.1, 0.15) is 6.10 Å². The summed E-state index contributed by atoms with van der Waals surface area (Å²) in [5, 5.41) is 19.6. The Kier molecular flexibility index (Phi) is 1.84. The molecule has 3 rings (SSSR count). The molecule has 1 heterocycles. The molecule has 16 heavy (non-hydrogen) atoms. The van der Waals surface area contributed by atoms with Crippen LogP contribution >= 0.6 is 0 Å². The highest BCUT2D eigenvalue weighted by molar-refractivity contribution is 5.80. The van der Waals surface area contributed by atoms with E-state index in [4.69, 9.17) is 4.74 Å². The van der Waals surface area contributed by atoms with E-state index in [9.17, 15) is 15.0 Å². The lowest BCUT2D eigenvalue weighted by atomic mass is 9.69. The van der Waals surface area contributed by atoms with Crippen LogP contribution in [0.2, 0.25) is 0 Å². The Hall–Kier alpha value is -0.610. The zero-order chi connectivity index (χ0) is 11.7. The topological polar surface area (TPSA) is 66.8 Å². The molecule has 1 spiro atoms. The second-order valence-corrected chi connectivity index (χ2v) is 5.70. The van der Waals surface area contributed by atoms with Gasteiger partial charge in [-0.05, 0) is 19.3 Å². The van der Waals surface area contributed by atoms with Crippen LogP contribution in [0.1, 0.15) is 33.1 Å². The molecule has 4 nitrogen and oxygen atoms in total. The van der Waals surface area contributed by atoms with E-state index in [1.165, 1.54) is 0 Å². The van der Waals surface area contributed by atoms with Crippen LogP contribution in [0.3, 0.4) is 0 Å². The van der Waals surface area contributed by atoms with E-state index in [1.807, 2.05) is 0 Å². The molecular formula is C12H18O4. The molecule has 3 aliphatic rings. The Morgan fingerprint density at radius 1 is 1.50 bits per heavy atom. The summed E-state index contributed by atoms with van der Waals surface area (Å²) in [4.78, 5) is 11.7. The minimum Gasteiger partial charge on any atom is -0.461 e. The number of rotatable bonds is 1. The molecule has 2 N–H and O–H groups in total. The molecule has 2 saturated carbocycles. The molecule has 1 aliphatic heterocycles. The molecule has 0 bridgehead atoms. The van der Waals surface area contributed by atoms with Gasteiger partial charge >= 0.3 is 5.97 Å². The number of hydrogen-bond acceptors (Lipinski definition) is 4. The number of esters is 1. The maximum atomic E-state index is 11.7. The van der Waals surface area contributed by atoms with Crippen molar-refractivity contribution in [1.82, 2.24) is 0 Å². The van der Waals surface area contributed by atoms with Crippen LogP contribution in [0, 0.1) is 16.7 Å². The molecule has 0 radical (unpaired) electrons. The fraction of sp³-hybridized carbons (Fsp3) is 0.917. The maximum Gasteiger partial charge on any atom is 0.312 e. The monoisotopic (exact) mass is 226 g/mol. The van der Waals surface area contributed by atoms with Gasteiger partial charge in [-0.25, -0.2) is 0 Å². The summed E-state index contributed by atoms with van der Waals surface area (Å²) in [6.07, 6.45) is 0.550. The van der Waals surface area contributed by atoms with Crippen LogP contribution in [0.25, 0.3) is 0 Å². The minimum atomic E-state index is -0.945. The summed E-state index contributed by atoms with van der Waals surface area (Å²) < 4.78 is 5.39. The summed E-state index contributed by atoms with van der Waals surface area (Å²) in [5.74, 6) is -0.826. The van der Waals surface area contributed by atoms with Gasteiger partial charge in [-0.3, -0.25) is 4.79 Å². The molecule has 4 heteroatoms. The normalized spacial score (nSPS) is 58.9. The fourth-order valence-corrected chi connectivity index (χ4v) is 4.21. The maximum absolute atomic E-state index is 11.7. The van der Waals surface area contributed by atoms with Crippen molar-refractivity contribution in [3.8, 4) is 0 Å². The first kappa shape index (κ1) is 10.5. The van der Waals surface area contributed by atoms with Gasteiger partial charge in [0.25, 0.3) is 0 Å². The molecule has 0 amide bonds. The highest BCUT2D eigenvalue weighted by atomic mass is 16.6. The molecule has 0 aromatic rings. The van der Waals surface area contributed by atoms with Gasteiger partial charge in [-0.1, -0.05) is 13.8 Å². The van der Waals surface area contributed by atoms with E-state index in [2.05, 4.69) is 13.8 Å². The average Bonchev–Trinajstić information content (AvgIpc) is 2.59. The first-order valence-electron chi connectivity index (χ1n) is 6.05. The van der Waals surface area contributed by atoms with E-state index >= 15 is 0 Å². The van der Waals surface area contributed by atoms with Crippen molar-refractivity contribution in [2.24, 2.45) is 16.7 Å². The minimum absolute atomic E-state index is 0.00664. The highest BCUT2D eigenvalue weighted by Crippen LogP contribution is 2.78. The number of hydrogen-bond donors (Lipinski definition) is 2. The molecule has 2 aliphatic carbocycles. The first-order valence-corrected chi connectivity index (χ1v) is 6.05. The lowest BCUT2D eigenvalue weighted by molar-refractivity contribution is -0.158. The number of carbonyl (C=O) groups is 1. The largest absolute Gasteiger partial charge is 0.461 e. The van der Waals surface area contributed by atoms with Crippen molar-refractivity contribution in [3.05, 3.63) is 0 Å². The van der Waals surface area contributed by atoms with E-state index < -0.39 is 18.1 Å². The average molecular weight is 226 g/mol. The predicted octanol–water partition coefficient (Wildman–Crippen LogP) is 0.460. The number of aliphatic hydroxyl groups is 2. The summed E-state index contributed by atoms with van der Waals surface area (Å²) in [5.41, 5.74) is -0.190. The molecule has 6 atom stereocenters. The van der Waals surface area contributed by atoms with Crippen LogP contribution in [0.4, 0.5) is 0 Å². The Morgan fingerprint density at radius 2 is 2.19 bits per heavy atom. The van der Waals surface area contributed by atoms with Gasteiger partial charge in [0.15, 0.2) is 0 Å². The van der Waals surface area contributed by atoms with Crippen molar-refractivity contribution in [2.75, 3.05) is 0 Å². The second kappa shape index (κ2) is 2.79. The van der Waals surface area contributed by atoms with Gasteiger partial charge in [-0.2, -0.15) is 0 Å². The Balaban J connectivity index is 2.00. The first-order chi connectivity index (χ1) is 7.49. The van der Waals surface area contributed by atoms with Gasteiger partial charge in [0, 0.05) is 10.8 Å². The van der Waals surface area contributed by atoms with Gasteiger partial charge in [-0.15, -0.1) is 0 Å². The van der Waals surface area contributed by atoms with Crippen LogP contribution in [0.5, 0.6) is 0 Å². The molecule has 3 fully saturated rings. The Morgan fingerprint density at radius 3 is 2.81 bits per heavy atom. The molecule has 0 aromatic carbocycles. The smallest absolute Gasteiger partial charge is 0.312 e. The van der Waals surface area contributed by atoms with Crippen LogP contribution in [-0.2, 0) is 9.53 Å². The van der Waals surface area contributed by atoms with Gasteiger partial charge in [0.05, 0.1) is 18.1 Å². The summed E-state index contributed by atoms with van der Waals surface area (Å²) in [6, 6.07) is 0. The lowest BCUT2D eigenvalue weighted by Gasteiger charge is -2.37. The third-order valence-electron chi connectivity index (χ3n) is 5.39. The molecule has 0 unspecified atom stereocenters. The number of ether oxygens (including phenoxy) is 1.